The summed E-state index contributed by atoms with van der Waals surface area (Å²) in [6, 6.07) is 3.80. The number of benzene rings is 2. The van der Waals surface area contributed by atoms with Gasteiger partial charge in [0.15, 0.2) is 16.5 Å². The largest absolute Gasteiger partial charge is 0.374 e. The molecule has 6 heterocycles. The summed E-state index contributed by atoms with van der Waals surface area (Å²) in [6.07, 6.45) is 10.7. The Kier molecular flexibility index (Phi) is 7.68. The lowest BCUT2D eigenvalue weighted by Gasteiger charge is -2.35. The van der Waals surface area contributed by atoms with E-state index in [0.29, 0.717) is 47.6 Å². The second-order valence-electron chi connectivity index (χ2n) is 17.7. The summed E-state index contributed by atoms with van der Waals surface area (Å²) in [5, 5.41) is 0. The normalized spacial score (nSPS) is 42.6. The third kappa shape index (κ3) is 4.80. The molecule has 15 unspecified atom stereocenters. The van der Waals surface area contributed by atoms with Crippen molar-refractivity contribution < 1.29 is 57.3 Å². The molecule has 9 aliphatic rings. The summed E-state index contributed by atoms with van der Waals surface area (Å²) in [6.45, 7) is 0. The van der Waals surface area contributed by atoms with Gasteiger partial charge in [0, 0.05) is 17.8 Å². The highest BCUT2D eigenvalue weighted by molar-refractivity contribution is 7.87. The predicted molar refractivity (Wildman–Crippen MR) is 181 cm³/mol. The van der Waals surface area contributed by atoms with Crippen molar-refractivity contribution in [2.45, 2.75) is 141 Å². The molecule has 3 saturated carbocycles. The second-order valence-corrected chi connectivity index (χ2v) is 20.5. The first-order chi connectivity index (χ1) is 25.8. The Morgan fingerprint density at radius 3 is 1.37 bits per heavy atom. The van der Waals surface area contributed by atoms with Crippen molar-refractivity contribution in [3.63, 3.8) is 0 Å². The Morgan fingerprint density at radius 1 is 0.556 bits per heavy atom. The van der Waals surface area contributed by atoms with Crippen LogP contribution >= 0.6 is 0 Å². The van der Waals surface area contributed by atoms with Gasteiger partial charge in [-0.15, -0.1) is 0 Å². The molecule has 2 aromatic rings. The van der Waals surface area contributed by atoms with Crippen LogP contribution in [-0.4, -0.2) is 58.0 Å². The van der Waals surface area contributed by atoms with Crippen LogP contribution in [0.2, 0.25) is 0 Å². The molecule has 6 saturated heterocycles. The molecule has 15 atom stereocenters. The molecular formula is C39H42F4O9S2. The van der Waals surface area contributed by atoms with E-state index in [2.05, 4.69) is 0 Å². The van der Waals surface area contributed by atoms with Crippen LogP contribution < -0.4 is 4.18 Å². The maximum atomic E-state index is 15.5. The fraction of sp³-hybridized carbons (Fsp3) is 0.692. The molecule has 0 aromatic heterocycles. The van der Waals surface area contributed by atoms with Crippen LogP contribution in [0.3, 0.4) is 0 Å². The van der Waals surface area contributed by atoms with Gasteiger partial charge in [-0.25, -0.2) is 8.78 Å². The van der Waals surface area contributed by atoms with E-state index in [0.717, 1.165) is 69.8 Å². The number of halogens is 4. The zero-order valence-corrected chi connectivity index (χ0v) is 31.0. The van der Waals surface area contributed by atoms with Gasteiger partial charge in [-0.2, -0.15) is 25.6 Å². The molecule has 11 rings (SSSR count). The van der Waals surface area contributed by atoms with Crippen molar-refractivity contribution >= 4 is 20.2 Å². The molecule has 9 nitrogen and oxygen atoms in total. The molecular weight excluding hydrogens is 753 g/mol. The maximum Gasteiger partial charge on any atom is 0.339 e. The molecule has 6 aliphatic heterocycles. The molecule has 15 heteroatoms. The van der Waals surface area contributed by atoms with Gasteiger partial charge in [-0.3, -0.25) is 4.55 Å². The topological polar surface area (TPSA) is 125 Å². The highest BCUT2D eigenvalue weighted by Gasteiger charge is 2.60. The number of ether oxygens (including phenoxy) is 3. The Balaban J connectivity index is 1.10. The number of rotatable bonds is 7. The predicted octanol–water partition coefficient (Wildman–Crippen LogP) is 7.27. The van der Waals surface area contributed by atoms with Gasteiger partial charge in [0.05, 0.1) is 36.6 Å². The fourth-order valence-corrected chi connectivity index (χ4v) is 15.7. The van der Waals surface area contributed by atoms with Crippen LogP contribution in [0.15, 0.2) is 21.9 Å². The molecule has 0 spiro atoms. The van der Waals surface area contributed by atoms with Crippen LogP contribution in [0.1, 0.15) is 111 Å². The van der Waals surface area contributed by atoms with Crippen molar-refractivity contribution in [1.82, 2.24) is 0 Å². The van der Waals surface area contributed by atoms with Crippen LogP contribution in [0.4, 0.5) is 17.6 Å². The number of fused-ring (bicyclic) bond motifs is 15. The monoisotopic (exact) mass is 794 g/mol. The first-order valence-electron chi connectivity index (χ1n) is 19.7. The van der Waals surface area contributed by atoms with Gasteiger partial charge in [0.2, 0.25) is 17.4 Å². The zero-order chi connectivity index (χ0) is 37.2. The van der Waals surface area contributed by atoms with Crippen LogP contribution in [0.5, 0.6) is 5.75 Å². The Labute approximate surface area is 311 Å². The van der Waals surface area contributed by atoms with Crippen LogP contribution in [0, 0.1) is 58.8 Å². The lowest BCUT2D eigenvalue weighted by atomic mass is 9.68. The molecule has 1 N–H and O–H groups in total. The maximum absolute atomic E-state index is 15.5. The first-order valence-corrected chi connectivity index (χ1v) is 22.6. The van der Waals surface area contributed by atoms with Gasteiger partial charge in [0.25, 0.3) is 0 Å². The van der Waals surface area contributed by atoms with E-state index >= 15 is 17.6 Å². The van der Waals surface area contributed by atoms with E-state index < -0.39 is 66.0 Å². The van der Waals surface area contributed by atoms with Gasteiger partial charge < -0.3 is 18.4 Å². The molecule has 292 valence electrons. The van der Waals surface area contributed by atoms with E-state index in [1.165, 1.54) is 0 Å². The molecule has 54 heavy (non-hydrogen) atoms. The van der Waals surface area contributed by atoms with Crippen molar-refractivity contribution in [3.8, 4) is 5.75 Å². The van der Waals surface area contributed by atoms with E-state index in [-0.39, 0.29) is 59.3 Å². The average molecular weight is 795 g/mol. The van der Waals surface area contributed by atoms with Crippen molar-refractivity contribution in [2.24, 2.45) is 35.5 Å². The lowest BCUT2D eigenvalue weighted by molar-refractivity contribution is 0.0762. The Morgan fingerprint density at radius 2 is 0.944 bits per heavy atom. The summed E-state index contributed by atoms with van der Waals surface area (Å²) in [7, 11) is -11.1. The Bertz CT molecular complexity index is 2090. The summed E-state index contributed by atoms with van der Waals surface area (Å²) < 4.78 is 148. The molecule has 3 aliphatic carbocycles. The van der Waals surface area contributed by atoms with Crippen molar-refractivity contribution in [1.29, 1.82) is 0 Å². The minimum atomic E-state index is -5.78. The minimum absolute atomic E-state index is 0.00746. The van der Waals surface area contributed by atoms with Gasteiger partial charge in [-0.05, 0) is 110 Å². The van der Waals surface area contributed by atoms with E-state index in [9.17, 15) is 21.4 Å². The lowest BCUT2D eigenvalue weighted by Crippen LogP contribution is -2.33. The van der Waals surface area contributed by atoms with Crippen LogP contribution in [-0.2, 0) is 34.4 Å². The van der Waals surface area contributed by atoms with E-state index in [1.807, 2.05) is 12.1 Å². The average Bonchev–Trinajstić information content (AvgIpc) is 3.98. The zero-order valence-electron chi connectivity index (χ0n) is 29.3. The second kappa shape index (κ2) is 11.9. The molecule has 0 radical (unpaired) electrons. The Hall–Kier alpha value is -2.30. The minimum Gasteiger partial charge on any atom is -0.374 e. The first kappa shape index (κ1) is 34.9. The summed E-state index contributed by atoms with van der Waals surface area (Å²) >= 11 is 0. The van der Waals surface area contributed by atoms with Gasteiger partial charge in [0.1, 0.15) is 4.90 Å². The summed E-state index contributed by atoms with van der Waals surface area (Å²) in [5.41, 5.74) is 1.77. The quantitative estimate of drug-likeness (QED) is 0.133. The smallest absolute Gasteiger partial charge is 0.339 e. The van der Waals surface area contributed by atoms with Gasteiger partial charge >= 0.3 is 20.2 Å². The third-order valence-corrected chi connectivity index (χ3v) is 17.7. The molecule has 9 fully saturated rings. The standard InChI is InChI=1S/C39H42F4O9S2/c40-30-32(42)39(53(44,45)46)33(43)31(41)37(30)52-54(47,48)38-25(23-13-28-17-5-2-8-20(17)35(23)50-28)10-15(22-12-27-16-4-1-7-19(16)34(22)49-27)11-26(38)24-14-29-18-6-3-9-21(18)36(24)51-29/h10-11,16-24,27-29,34-36H,1-9,12-14H2,(H,44,45,46). The highest BCUT2D eigenvalue weighted by Crippen LogP contribution is 2.62. The van der Waals surface area contributed by atoms with Crippen molar-refractivity contribution in [2.75, 3.05) is 0 Å². The fourth-order valence-electron chi connectivity index (χ4n) is 13.6. The van der Waals surface area contributed by atoms with Gasteiger partial charge in [-0.1, -0.05) is 31.4 Å². The summed E-state index contributed by atoms with van der Waals surface area (Å²) in [4.78, 5) is -2.57. The molecule has 6 bridgehead atoms. The molecule has 2 aromatic carbocycles. The van der Waals surface area contributed by atoms with E-state index in [1.54, 1.807) is 0 Å². The third-order valence-electron chi connectivity index (χ3n) is 15.5. The number of hydrogen-bond donors (Lipinski definition) is 1. The number of hydrogen-bond acceptors (Lipinski definition) is 8. The molecule has 0 amide bonds. The van der Waals surface area contributed by atoms with Crippen molar-refractivity contribution in [3.05, 3.63) is 52.1 Å². The summed E-state index contributed by atoms with van der Waals surface area (Å²) in [5.74, 6) is -10.4. The van der Waals surface area contributed by atoms with E-state index in [4.69, 9.17) is 18.4 Å². The SMILES string of the molecule is O=S(=O)(O)c1c(F)c(F)c(OS(=O)(=O)c2c(C3CC4OC3C3CCCC43)cc(C3CC4OC3C3CCCC43)cc2C2CC3OC2C2CCCC32)c(F)c1F. The van der Waals surface area contributed by atoms with Crippen LogP contribution in [0.25, 0.3) is 0 Å². The highest BCUT2D eigenvalue weighted by atomic mass is 32.2.